The summed E-state index contributed by atoms with van der Waals surface area (Å²) >= 11 is 0. The molecule has 1 N–H and O–H groups in total. The van der Waals surface area contributed by atoms with Gasteiger partial charge in [-0.1, -0.05) is 6.07 Å². The van der Waals surface area contributed by atoms with E-state index in [4.69, 9.17) is 4.42 Å². The van der Waals surface area contributed by atoms with E-state index in [2.05, 4.69) is 24.1 Å². The smallest absolute Gasteiger partial charge is 0.298 e. The number of rotatable bonds is 2. The fourth-order valence-electron chi connectivity index (χ4n) is 2.48. The number of oxazole rings is 1. The lowest BCUT2D eigenvalue weighted by molar-refractivity contribution is -0.383. The minimum atomic E-state index is -0.432. The zero-order valence-corrected chi connectivity index (χ0v) is 11.4. The van der Waals surface area contributed by atoms with Gasteiger partial charge in [0.25, 0.3) is 11.7 Å². The molecule has 106 valence electrons. The minimum absolute atomic E-state index is 0.0201. The lowest BCUT2D eigenvalue weighted by Gasteiger charge is -2.36. The van der Waals surface area contributed by atoms with Crippen LogP contribution in [0.5, 0.6) is 0 Å². The number of aromatic nitrogens is 1. The molecule has 0 saturated carbocycles. The first-order chi connectivity index (χ1) is 9.56. The Bertz CT molecular complexity index is 654. The summed E-state index contributed by atoms with van der Waals surface area (Å²) in [5.74, 6) is 0. The van der Waals surface area contributed by atoms with Crippen molar-refractivity contribution in [1.82, 2.24) is 10.3 Å². The molecule has 2 heterocycles. The van der Waals surface area contributed by atoms with Crippen LogP contribution >= 0.6 is 0 Å². The van der Waals surface area contributed by atoms with Gasteiger partial charge in [-0.3, -0.25) is 10.1 Å². The molecule has 0 radical (unpaired) electrons. The summed E-state index contributed by atoms with van der Waals surface area (Å²) in [6.45, 7) is 5.76. The lowest BCUT2D eigenvalue weighted by atomic mass is 10.1. The van der Waals surface area contributed by atoms with Crippen molar-refractivity contribution >= 4 is 22.8 Å². The summed E-state index contributed by atoms with van der Waals surface area (Å²) < 4.78 is 5.70. The second kappa shape index (κ2) is 4.75. The van der Waals surface area contributed by atoms with Gasteiger partial charge in [0.1, 0.15) is 0 Å². The number of para-hydroxylation sites is 1. The van der Waals surface area contributed by atoms with Crippen molar-refractivity contribution in [3.8, 4) is 0 Å². The van der Waals surface area contributed by atoms with Crippen molar-refractivity contribution in [1.29, 1.82) is 0 Å². The first-order valence-electron chi connectivity index (χ1n) is 6.60. The molecule has 2 atom stereocenters. The predicted octanol–water partition coefficient (Wildman–Crippen LogP) is 1.92. The van der Waals surface area contributed by atoms with Crippen LogP contribution in [0.15, 0.2) is 22.6 Å². The Morgan fingerprint density at radius 1 is 1.50 bits per heavy atom. The van der Waals surface area contributed by atoms with E-state index < -0.39 is 4.92 Å². The first-order valence-corrected chi connectivity index (χ1v) is 6.60. The number of benzene rings is 1. The Balaban J connectivity index is 2.04. The van der Waals surface area contributed by atoms with Gasteiger partial charge in [-0.15, -0.1) is 0 Å². The van der Waals surface area contributed by atoms with Crippen LogP contribution in [0, 0.1) is 10.1 Å². The Hall–Kier alpha value is -2.15. The van der Waals surface area contributed by atoms with Gasteiger partial charge in [0, 0.05) is 31.2 Å². The number of nitro groups is 1. The fourth-order valence-corrected chi connectivity index (χ4v) is 2.48. The van der Waals surface area contributed by atoms with Crippen LogP contribution in [0.3, 0.4) is 0 Å². The molecule has 0 aliphatic carbocycles. The Morgan fingerprint density at radius 2 is 2.30 bits per heavy atom. The second-order valence-corrected chi connectivity index (χ2v) is 5.19. The van der Waals surface area contributed by atoms with Crippen LogP contribution in [-0.4, -0.2) is 35.1 Å². The number of nitrogens with one attached hydrogen (secondary N) is 1. The standard InChI is InChI=1S/C13H16N4O3/c1-8-7-16(9(2)6-14-8)13-15-12-10(17(18)19)4-3-5-11(12)20-13/h3-5,8-9,14H,6-7H2,1-2H3. The maximum atomic E-state index is 11.0. The third-order valence-electron chi connectivity index (χ3n) is 3.59. The number of anilines is 1. The topological polar surface area (TPSA) is 84.4 Å². The highest BCUT2D eigenvalue weighted by atomic mass is 16.6. The van der Waals surface area contributed by atoms with Gasteiger partial charge in [0.15, 0.2) is 11.1 Å². The lowest BCUT2D eigenvalue weighted by Crippen LogP contribution is -2.54. The number of piperazine rings is 1. The van der Waals surface area contributed by atoms with Gasteiger partial charge < -0.3 is 14.6 Å². The molecule has 0 bridgehead atoms. The van der Waals surface area contributed by atoms with Crippen molar-refractivity contribution < 1.29 is 9.34 Å². The summed E-state index contributed by atoms with van der Waals surface area (Å²) in [4.78, 5) is 17.0. The van der Waals surface area contributed by atoms with Gasteiger partial charge in [0.05, 0.1) is 4.92 Å². The van der Waals surface area contributed by atoms with Gasteiger partial charge in [-0.2, -0.15) is 4.98 Å². The molecule has 1 saturated heterocycles. The van der Waals surface area contributed by atoms with E-state index in [1.807, 2.05) is 4.90 Å². The predicted molar refractivity (Wildman–Crippen MR) is 74.9 cm³/mol. The summed E-state index contributed by atoms with van der Waals surface area (Å²) in [5.41, 5.74) is 0.742. The Kier molecular flexibility index (Phi) is 3.06. The number of fused-ring (bicyclic) bond motifs is 1. The van der Waals surface area contributed by atoms with Crippen molar-refractivity contribution in [2.45, 2.75) is 25.9 Å². The number of nitrogens with zero attached hydrogens (tertiary/aromatic N) is 3. The second-order valence-electron chi connectivity index (χ2n) is 5.19. The molecule has 1 aromatic carbocycles. The zero-order valence-electron chi connectivity index (χ0n) is 11.4. The highest BCUT2D eigenvalue weighted by molar-refractivity contribution is 5.84. The van der Waals surface area contributed by atoms with Crippen LogP contribution in [0.1, 0.15) is 13.8 Å². The molecule has 0 spiro atoms. The number of hydrogen-bond donors (Lipinski definition) is 1. The number of nitro benzene ring substituents is 1. The quantitative estimate of drug-likeness (QED) is 0.666. The fraction of sp³-hybridized carbons (Fsp3) is 0.462. The van der Waals surface area contributed by atoms with E-state index >= 15 is 0 Å². The third-order valence-corrected chi connectivity index (χ3v) is 3.59. The van der Waals surface area contributed by atoms with Crippen LogP contribution in [0.4, 0.5) is 11.7 Å². The number of non-ortho nitro benzene ring substituents is 1. The molecule has 0 amide bonds. The van der Waals surface area contributed by atoms with Gasteiger partial charge in [0.2, 0.25) is 0 Å². The maximum absolute atomic E-state index is 11.0. The van der Waals surface area contributed by atoms with E-state index in [1.54, 1.807) is 12.1 Å². The van der Waals surface area contributed by atoms with E-state index in [0.717, 1.165) is 13.1 Å². The summed E-state index contributed by atoms with van der Waals surface area (Å²) in [6, 6.07) is 5.77. The van der Waals surface area contributed by atoms with Gasteiger partial charge >= 0.3 is 0 Å². The van der Waals surface area contributed by atoms with Crippen LogP contribution in [-0.2, 0) is 0 Å². The third kappa shape index (κ3) is 2.09. The highest BCUT2D eigenvalue weighted by Gasteiger charge is 2.27. The molecule has 1 aromatic heterocycles. The molecule has 7 heteroatoms. The van der Waals surface area contributed by atoms with Crippen LogP contribution in [0.25, 0.3) is 11.1 Å². The molecule has 3 rings (SSSR count). The molecule has 2 unspecified atom stereocenters. The Labute approximate surface area is 115 Å². The van der Waals surface area contributed by atoms with E-state index in [0.29, 0.717) is 23.2 Å². The molecule has 20 heavy (non-hydrogen) atoms. The maximum Gasteiger partial charge on any atom is 0.298 e. The van der Waals surface area contributed by atoms with Crippen LogP contribution in [0.2, 0.25) is 0 Å². The van der Waals surface area contributed by atoms with Crippen molar-refractivity contribution in [3.63, 3.8) is 0 Å². The van der Waals surface area contributed by atoms with E-state index in [9.17, 15) is 10.1 Å². The molecule has 1 aliphatic rings. The van der Waals surface area contributed by atoms with Gasteiger partial charge in [-0.25, -0.2) is 0 Å². The van der Waals surface area contributed by atoms with Crippen molar-refractivity contribution in [2.24, 2.45) is 0 Å². The molecule has 1 aliphatic heterocycles. The van der Waals surface area contributed by atoms with E-state index in [1.165, 1.54) is 6.07 Å². The molecule has 1 fully saturated rings. The summed E-state index contributed by atoms with van der Waals surface area (Å²) in [6.07, 6.45) is 0. The summed E-state index contributed by atoms with van der Waals surface area (Å²) in [7, 11) is 0. The largest absolute Gasteiger partial charge is 0.423 e. The molecule has 2 aromatic rings. The minimum Gasteiger partial charge on any atom is -0.423 e. The van der Waals surface area contributed by atoms with Gasteiger partial charge in [-0.05, 0) is 19.9 Å². The monoisotopic (exact) mass is 276 g/mol. The zero-order chi connectivity index (χ0) is 14.3. The summed E-state index contributed by atoms with van der Waals surface area (Å²) in [5, 5.41) is 14.4. The average Bonchev–Trinajstić information content (AvgIpc) is 2.84. The van der Waals surface area contributed by atoms with E-state index in [-0.39, 0.29) is 11.7 Å². The highest BCUT2D eigenvalue weighted by Crippen LogP contribution is 2.30. The van der Waals surface area contributed by atoms with Crippen molar-refractivity contribution in [2.75, 3.05) is 18.0 Å². The first kappa shape index (κ1) is 12.9. The molecule has 7 nitrogen and oxygen atoms in total. The van der Waals surface area contributed by atoms with Crippen LogP contribution < -0.4 is 10.2 Å². The molecular weight excluding hydrogens is 260 g/mol. The number of hydrogen-bond acceptors (Lipinski definition) is 6. The normalized spacial score (nSPS) is 23.2. The SMILES string of the molecule is CC1CN(c2nc3c([N+](=O)[O-])cccc3o2)C(C)CN1. The average molecular weight is 276 g/mol. The Morgan fingerprint density at radius 3 is 3.05 bits per heavy atom. The van der Waals surface area contributed by atoms with Crippen molar-refractivity contribution in [3.05, 3.63) is 28.3 Å². The molecular formula is C13H16N4O3.